The van der Waals surface area contributed by atoms with E-state index in [1.165, 1.54) is 0 Å². The molecule has 0 fully saturated rings. The van der Waals surface area contributed by atoms with Crippen molar-refractivity contribution >= 4 is 45.2 Å². The van der Waals surface area contributed by atoms with E-state index in [-0.39, 0.29) is 5.48 Å². The third-order valence-electron chi connectivity index (χ3n) is 1.42. The second kappa shape index (κ2) is 5.07. The van der Waals surface area contributed by atoms with Crippen LogP contribution in [0, 0.1) is 0 Å². The Labute approximate surface area is 107 Å². The molecule has 0 aromatic heterocycles. The van der Waals surface area contributed by atoms with Gasteiger partial charge in [-0.05, 0) is 0 Å². The fourth-order valence-electron chi connectivity index (χ4n) is 0.544. The minimum absolute atomic E-state index is 0.0685. The van der Waals surface area contributed by atoms with Crippen LogP contribution in [0.1, 0.15) is 26.2 Å². The number of hydrogen-bond donors (Lipinski definition) is 2. The van der Waals surface area contributed by atoms with E-state index in [0.717, 1.165) is 19.3 Å². The summed E-state index contributed by atoms with van der Waals surface area (Å²) in [5.74, 6) is 0. The second-order valence-electron chi connectivity index (χ2n) is 2.59. The predicted molar refractivity (Wildman–Crippen MR) is 61.4 cm³/mol. The van der Waals surface area contributed by atoms with E-state index in [1.54, 1.807) is 0 Å². The second-order valence-corrected chi connectivity index (χ2v) is 10.8. The maximum absolute atomic E-state index is 5.95. The van der Waals surface area contributed by atoms with Crippen molar-refractivity contribution in [3.63, 3.8) is 0 Å². The van der Waals surface area contributed by atoms with E-state index in [2.05, 4.69) is 71.9 Å². The van der Waals surface area contributed by atoms with Crippen molar-refractivity contribution in [2.24, 2.45) is 11.5 Å². The van der Waals surface area contributed by atoms with Crippen molar-refractivity contribution in [3.8, 4) is 0 Å². The summed E-state index contributed by atoms with van der Waals surface area (Å²) in [4.78, 5) is 0. The van der Waals surface area contributed by atoms with Gasteiger partial charge in [-0.2, -0.15) is 0 Å². The van der Waals surface area contributed by atoms with Gasteiger partial charge in [0.2, 0.25) is 0 Å². The van der Waals surface area contributed by atoms with Gasteiger partial charge in [0.25, 0.3) is 0 Å². The van der Waals surface area contributed by atoms with Crippen LogP contribution in [-0.2, 0) is 19.8 Å². The van der Waals surface area contributed by atoms with E-state index in [9.17, 15) is 0 Å². The summed E-state index contributed by atoms with van der Waals surface area (Å²) >= 11 is 6.76. The van der Waals surface area contributed by atoms with E-state index in [1.807, 2.05) is 0 Å². The molecule has 5 heteroatoms. The molecule has 0 rings (SSSR count). The van der Waals surface area contributed by atoms with Crippen molar-refractivity contribution < 1.29 is 19.8 Å². The van der Waals surface area contributed by atoms with Gasteiger partial charge < -0.3 is 0 Å². The third-order valence-corrected chi connectivity index (χ3v) is 3.87. The van der Waals surface area contributed by atoms with Crippen LogP contribution < -0.4 is 11.5 Å². The zero-order chi connectivity index (χ0) is 9.12. The van der Waals surface area contributed by atoms with Crippen molar-refractivity contribution in [2.75, 3.05) is 0 Å². The Balaban J connectivity index is 3.70. The Morgan fingerprint density at radius 3 is 2.00 bits per heavy atom. The van der Waals surface area contributed by atoms with Crippen LogP contribution in [0.5, 0.6) is 0 Å². The van der Waals surface area contributed by atoms with Crippen LogP contribution in [-0.4, -0.2) is 5.48 Å². The van der Waals surface area contributed by atoms with Gasteiger partial charge in [-0.1, -0.05) is 0 Å². The van der Waals surface area contributed by atoms with Crippen LogP contribution in [0.3, 0.4) is 0 Å². The number of alkyl halides is 2. The summed E-state index contributed by atoms with van der Waals surface area (Å²) in [7, 11) is 0. The van der Waals surface area contributed by atoms with Crippen LogP contribution in [0.2, 0.25) is 0 Å². The topological polar surface area (TPSA) is 52.0 Å². The molecular formula is C6H13I2N2Pt. The summed E-state index contributed by atoms with van der Waals surface area (Å²) in [6.45, 7) is 2.10. The van der Waals surface area contributed by atoms with Gasteiger partial charge in [0.05, 0.1) is 0 Å². The van der Waals surface area contributed by atoms with Crippen molar-refractivity contribution in [3.05, 3.63) is 0 Å². The molecule has 0 saturated carbocycles. The van der Waals surface area contributed by atoms with Crippen molar-refractivity contribution in [1.29, 1.82) is 0 Å². The Hall–Kier alpha value is 2.07. The average Bonchev–Trinajstić information content (AvgIpc) is 1.83. The Morgan fingerprint density at radius 1 is 1.27 bits per heavy atom. The van der Waals surface area contributed by atoms with Gasteiger partial charge >= 0.3 is 108 Å². The van der Waals surface area contributed by atoms with Gasteiger partial charge in [0.1, 0.15) is 0 Å². The summed E-state index contributed by atoms with van der Waals surface area (Å²) in [6, 6.07) is 0. The first kappa shape index (κ1) is 13.1. The summed E-state index contributed by atoms with van der Waals surface area (Å²) < 4.78 is -0.207. The van der Waals surface area contributed by atoms with Gasteiger partial charge in [-0.25, -0.2) is 0 Å². The predicted octanol–water partition coefficient (Wildman–Crippen LogP) is 1.86. The molecule has 1 atom stereocenters. The molecule has 0 aliphatic carbocycles. The zero-order valence-electron chi connectivity index (χ0n) is 6.35. The molecular weight excluding hydrogens is 549 g/mol. The van der Waals surface area contributed by atoms with Gasteiger partial charge in [-0.15, -0.1) is 0 Å². The van der Waals surface area contributed by atoms with Gasteiger partial charge in [0, 0.05) is 0 Å². The molecule has 0 saturated heterocycles. The molecule has 0 aromatic carbocycles. The van der Waals surface area contributed by atoms with Crippen molar-refractivity contribution in [2.45, 2.75) is 31.7 Å². The fourth-order valence-corrected chi connectivity index (χ4v) is 1.37. The van der Waals surface area contributed by atoms with E-state index in [4.69, 9.17) is 11.5 Å². The minimum atomic E-state index is -0.138. The first-order valence-corrected chi connectivity index (χ1v) is 6.67. The molecule has 0 spiro atoms. The monoisotopic (exact) mass is 562 g/mol. The average molecular weight is 562 g/mol. The molecule has 2 nitrogen and oxygen atoms in total. The standard InChI is InChI=1S/C6H13I2N2.Pt/c1-2-5(9)3-4-6(7,8)10;/h2-4,9-10H2,1H3;. The number of hydrogen-bond acceptors (Lipinski definition) is 2. The molecule has 0 heterocycles. The fraction of sp³-hybridized carbons (Fsp3) is 1.00. The Bertz CT molecular complexity index is 122. The van der Waals surface area contributed by atoms with Crippen LogP contribution >= 0.6 is 45.2 Å². The van der Waals surface area contributed by atoms with Gasteiger partial charge in [-0.3, -0.25) is 0 Å². The summed E-state index contributed by atoms with van der Waals surface area (Å²) in [5.41, 5.74) is 11.8. The normalized spacial score (nSPS) is 18.1. The molecule has 0 aliphatic heterocycles. The molecule has 4 N–H and O–H groups in total. The first-order chi connectivity index (χ1) is 4.77. The molecule has 0 amide bonds. The Kier molecular flexibility index (Phi) is 6.03. The SMILES string of the molecule is CC[C](N)([Pt])CCC(N)(I)I. The molecule has 0 aliphatic rings. The molecule has 0 aromatic rings. The molecule has 0 bridgehead atoms. The number of halogens is 2. The summed E-state index contributed by atoms with van der Waals surface area (Å²) in [6.07, 6.45) is 2.94. The number of rotatable bonds is 4. The van der Waals surface area contributed by atoms with Crippen LogP contribution in [0.25, 0.3) is 0 Å². The molecule has 0 radical (unpaired) electrons. The van der Waals surface area contributed by atoms with E-state index < -0.39 is 0 Å². The van der Waals surface area contributed by atoms with E-state index in [0.29, 0.717) is 0 Å². The van der Waals surface area contributed by atoms with E-state index >= 15 is 0 Å². The van der Waals surface area contributed by atoms with Crippen molar-refractivity contribution in [1.82, 2.24) is 0 Å². The zero-order valence-corrected chi connectivity index (χ0v) is 12.9. The summed E-state index contributed by atoms with van der Waals surface area (Å²) in [5, 5.41) is 0. The third kappa shape index (κ3) is 8.40. The quantitative estimate of drug-likeness (QED) is 0.313. The van der Waals surface area contributed by atoms with Crippen LogP contribution in [0.4, 0.5) is 0 Å². The molecule has 1 unspecified atom stereocenters. The molecule has 71 valence electrons. The van der Waals surface area contributed by atoms with Crippen LogP contribution in [0.15, 0.2) is 0 Å². The Morgan fingerprint density at radius 2 is 1.73 bits per heavy atom. The number of nitrogens with two attached hydrogens (primary N) is 2. The first-order valence-electron chi connectivity index (χ1n) is 3.38. The maximum atomic E-state index is 5.95. The van der Waals surface area contributed by atoms with Gasteiger partial charge in [0.15, 0.2) is 0 Å². The molecule has 11 heavy (non-hydrogen) atoms.